The molecule has 0 saturated carbocycles. The smallest absolute Gasteiger partial charge is 0.170 e. The van der Waals surface area contributed by atoms with Gasteiger partial charge in [0, 0.05) is 24.3 Å². The first-order chi connectivity index (χ1) is 10.0. The SMILES string of the molecule is CC(=O)c1ccc(NC(=S)NCC2CCCN(C)C2)cc1. The van der Waals surface area contributed by atoms with Crippen molar-refractivity contribution in [2.45, 2.75) is 19.8 Å². The van der Waals surface area contributed by atoms with Gasteiger partial charge in [-0.05, 0) is 75.8 Å². The summed E-state index contributed by atoms with van der Waals surface area (Å²) in [7, 11) is 2.17. The molecule has 21 heavy (non-hydrogen) atoms. The Balaban J connectivity index is 1.77. The van der Waals surface area contributed by atoms with Crippen molar-refractivity contribution in [3.8, 4) is 0 Å². The molecule has 0 amide bonds. The molecule has 5 heteroatoms. The monoisotopic (exact) mass is 305 g/mol. The van der Waals surface area contributed by atoms with Crippen molar-refractivity contribution in [3.05, 3.63) is 29.8 Å². The number of hydrogen-bond donors (Lipinski definition) is 2. The summed E-state index contributed by atoms with van der Waals surface area (Å²) in [6, 6.07) is 7.37. The number of carbonyl (C=O) groups excluding carboxylic acids is 1. The second-order valence-corrected chi connectivity index (χ2v) is 6.15. The van der Waals surface area contributed by atoms with Crippen LogP contribution in [0.2, 0.25) is 0 Å². The van der Waals surface area contributed by atoms with Gasteiger partial charge in [-0.15, -0.1) is 0 Å². The Morgan fingerprint density at radius 3 is 2.71 bits per heavy atom. The molecule has 0 radical (unpaired) electrons. The van der Waals surface area contributed by atoms with Crippen LogP contribution in [0.15, 0.2) is 24.3 Å². The molecule has 2 N–H and O–H groups in total. The van der Waals surface area contributed by atoms with Crippen molar-refractivity contribution in [3.63, 3.8) is 0 Å². The molecule has 1 atom stereocenters. The second kappa shape index (κ2) is 7.52. The maximum Gasteiger partial charge on any atom is 0.170 e. The third-order valence-corrected chi connectivity index (χ3v) is 4.07. The minimum atomic E-state index is 0.0728. The molecule has 1 heterocycles. The van der Waals surface area contributed by atoms with Gasteiger partial charge in [-0.25, -0.2) is 0 Å². The topological polar surface area (TPSA) is 44.4 Å². The molecule has 0 aliphatic carbocycles. The number of Topliss-reactive ketones (excluding diaryl/α,β-unsaturated/α-hetero) is 1. The van der Waals surface area contributed by atoms with Gasteiger partial charge in [-0.3, -0.25) is 4.79 Å². The molecule has 1 fully saturated rings. The van der Waals surface area contributed by atoms with Crippen LogP contribution in [0.25, 0.3) is 0 Å². The Morgan fingerprint density at radius 1 is 1.38 bits per heavy atom. The lowest BCUT2D eigenvalue weighted by Gasteiger charge is -2.30. The number of piperidine rings is 1. The van der Waals surface area contributed by atoms with Gasteiger partial charge in [0.05, 0.1) is 0 Å². The van der Waals surface area contributed by atoms with Crippen LogP contribution in [0.1, 0.15) is 30.1 Å². The highest BCUT2D eigenvalue weighted by Crippen LogP contribution is 2.14. The van der Waals surface area contributed by atoms with E-state index in [9.17, 15) is 4.79 Å². The number of anilines is 1. The van der Waals surface area contributed by atoms with E-state index in [0.29, 0.717) is 16.6 Å². The van der Waals surface area contributed by atoms with Gasteiger partial charge in [-0.1, -0.05) is 0 Å². The van der Waals surface area contributed by atoms with Crippen LogP contribution in [0.5, 0.6) is 0 Å². The number of ketones is 1. The van der Waals surface area contributed by atoms with Gasteiger partial charge in [0.15, 0.2) is 10.9 Å². The van der Waals surface area contributed by atoms with E-state index in [0.717, 1.165) is 18.8 Å². The van der Waals surface area contributed by atoms with E-state index in [1.807, 2.05) is 24.3 Å². The predicted octanol–water partition coefficient (Wildman–Crippen LogP) is 2.52. The molecule has 1 aromatic carbocycles. The number of thiocarbonyl (C=S) groups is 1. The number of nitrogens with one attached hydrogen (secondary N) is 2. The van der Waals surface area contributed by atoms with E-state index in [-0.39, 0.29) is 5.78 Å². The summed E-state index contributed by atoms with van der Waals surface area (Å²) in [5.74, 6) is 0.729. The normalized spacial score (nSPS) is 19.0. The number of carbonyl (C=O) groups is 1. The van der Waals surface area contributed by atoms with E-state index in [4.69, 9.17) is 12.2 Å². The minimum absolute atomic E-state index is 0.0728. The molecule has 4 nitrogen and oxygen atoms in total. The van der Waals surface area contributed by atoms with Crippen molar-refractivity contribution >= 4 is 28.8 Å². The summed E-state index contributed by atoms with van der Waals surface area (Å²) in [6.45, 7) is 4.79. The number of rotatable bonds is 4. The average molecular weight is 305 g/mol. The molecular formula is C16H23N3OS. The standard InChI is InChI=1S/C16H23N3OS/c1-12(20)14-5-7-15(8-6-14)18-16(21)17-10-13-4-3-9-19(2)11-13/h5-8,13H,3-4,9-11H2,1-2H3,(H2,17,18,21). The molecule has 0 bridgehead atoms. The second-order valence-electron chi connectivity index (χ2n) is 5.74. The molecule has 1 saturated heterocycles. The van der Waals surface area contributed by atoms with Crippen molar-refractivity contribution in [2.75, 3.05) is 32.0 Å². The largest absolute Gasteiger partial charge is 0.362 e. The highest BCUT2D eigenvalue weighted by Gasteiger charge is 2.16. The van der Waals surface area contributed by atoms with Crippen molar-refractivity contribution in [1.29, 1.82) is 0 Å². The average Bonchev–Trinajstić information content (AvgIpc) is 2.46. The van der Waals surface area contributed by atoms with E-state index < -0.39 is 0 Å². The van der Waals surface area contributed by atoms with Gasteiger partial charge in [0.2, 0.25) is 0 Å². The van der Waals surface area contributed by atoms with Crippen molar-refractivity contribution in [1.82, 2.24) is 10.2 Å². The molecule has 1 aliphatic rings. The maximum atomic E-state index is 11.2. The van der Waals surface area contributed by atoms with Gasteiger partial charge in [0.1, 0.15) is 0 Å². The first-order valence-corrected chi connectivity index (χ1v) is 7.80. The zero-order chi connectivity index (χ0) is 15.2. The lowest BCUT2D eigenvalue weighted by atomic mass is 9.99. The Labute approximate surface area is 131 Å². The Hall–Kier alpha value is -1.46. The van der Waals surface area contributed by atoms with Crippen LogP contribution in [0.3, 0.4) is 0 Å². The van der Waals surface area contributed by atoms with Gasteiger partial charge in [0.25, 0.3) is 0 Å². The van der Waals surface area contributed by atoms with E-state index >= 15 is 0 Å². The van der Waals surface area contributed by atoms with E-state index in [1.54, 1.807) is 6.92 Å². The summed E-state index contributed by atoms with van der Waals surface area (Å²) in [6.07, 6.45) is 2.52. The zero-order valence-electron chi connectivity index (χ0n) is 12.7. The fourth-order valence-electron chi connectivity index (χ4n) is 2.64. The predicted molar refractivity (Wildman–Crippen MR) is 90.9 cm³/mol. The van der Waals surface area contributed by atoms with Crippen LogP contribution in [-0.2, 0) is 0 Å². The Kier molecular flexibility index (Phi) is 5.70. The van der Waals surface area contributed by atoms with Crippen LogP contribution >= 0.6 is 12.2 Å². The van der Waals surface area contributed by atoms with E-state index in [1.165, 1.54) is 19.4 Å². The highest BCUT2D eigenvalue weighted by atomic mass is 32.1. The summed E-state index contributed by atoms with van der Waals surface area (Å²) in [5.41, 5.74) is 1.61. The van der Waals surface area contributed by atoms with Crippen molar-refractivity contribution < 1.29 is 4.79 Å². The number of hydrogen-bond acceptors (Lipinski definition) is 3. The molecule has 0 spiro atoms. The first kappa shape index (κ1) is 15.9. The Morgan fingerprint density at radius 2 is 2.10 bits per heavy atom. The highest BCUT2D eigenvalue weighted by molar-refractivity contribution is 7.80. The number of nitrogens with zero attached hydrogens (tertiary/aromatic N) is 1. The Bertz CT molecular complexity index is 501. The minimum Gasteiger partial charge on any atom is -0.362 e. The van der Waals surface area contributed by atoms with Gasteiger partial charge in [-0.2, -0.15) is 0 Å². The molecule has 0 aromatic heterocycles. The summed E-state index contributed by atoms with van der Waals surface area (Å²) < 4.78 is 0. The fourth-order valence-corrected chi connectivity index (χ4v) is 2.84. The summed E-state index contributed by atoms with van der Waals surface area (Å²) in [4.78, 5) is 13.6. The molecule has 114 valence electrons. The molecule has 1 unspecified atom stereocenters. The third kappa shape index (κ3) is 5.10. The van der Waals surface area contributed by atoms with Crippen LogP contribution in [0, 0.1) is 5.92 Å². The van der Waals surface area contributed by atoms with Crippen LogP contribution < -0.4 is 10.6 Å². The van der Waals surface area contributed by atoms with Gasteiger partial charge >= 0.3 is 0 Å². The summed E-state index contributed by atoms with van der Waals surface area (Å²) in [5, 5.41) is 7.08. The molecule has 1 aliphatic heterocycles. The quantitative estimate of drug-likeness (QED) is 0.661. The summed E-state index contributed by atoms with van der Waals surface area (Å²) >= 11 is 5.32. The maximum absolute atomic E-state index is 11.2. The zero-order valence-corrected chi connectivity index (χ0v) is 13.5. The number of likely N-dealkylation sites (tertiary alicyclic amines) is 1. The first-order valence-electron chi connectivity index (χ1n) is 7.39. The van der Waals surface area contributed by atoms with Crippen molar-refractivity contribution in [2.24, 2.45) is 5.92 Å². The van der Waals surface area contributed by atoms with Crippen LogP contribution in [-0.4, -0.2) is 42.5 Å². The number of benzene rings is 1. The molecule has 1 aromatic rings. The third-order valence-electron chi connectivity index (χ3n) is 3.82. The fraction of sp³-hybridized carbons (Fsp3) is 0.500. The lowest BCUT2D eigenvalue weighted by molar-refractivity contribution is 0.101. The molecule has 2 rings (SSSR count). The lowest BCUT2D eigenvalue weighted by Crippen LogP contribution is -2.40. The van der Waals surface area contributed by atoms with Gasteiger partial charge < -0.3 is 15.5 Å². The van der Waals surface area contributed by atoms with Crippen LogP contribution in [0.4, 0.5) is 5.69 Å². The van der Waals surface area contributed by atoms with E-state index in [2.05, 4.69) is 22.6 Å². The molecular weight excluding hydrogens is 282 g/mol.